The number of carbonyl (C=O) groups excluding carboxylic acids is 1. The van der Waals surface area contributed by atoms with Crippen molar-refractivity contribution in [3.05, 3.63) is 77.9 Å². The number of aromatic nitrogens is 1. The molecule has 1 aromatic heterocycles. The fourth-order valence-corrected chi connectivity index (χ4v) is 5.38. The Morgan fingerprint density at radius 2 is 1.70 bits per heavy atom. The second kappa shape index (κ2) is 8.46. The van der Waals surface area contributed by atoms with Crippen LogP contribution in [-0.2, 0) is 21.2 Å². The molecule has 5 rings (SSSR count). The van der Waals surface area contributed by atoms with Crippen LogP contribution < -0.4 is 14.8 Å². The molecule has 1 aliphatic rings. The molecule has 1 aliphatic heterocycles. The molecule has 0 spiro atoms. The van der Waals surface area contributed by atoms with E-state index in [4.69, 9.17) is 21.1 Å². The first-order valence-corrected chi connectivity index (χ1v) is 12.1. The highest BCUT2D eigenvalue weighted by molar-refractivity contribution is 7.91. The summed E-state index contributed by atoms with van der Waals surface area (Å²) < 4.78 is 39.3. The number of hydrogen-bond acceptors (Lipinski definition) is 5. The van der Waals surface area contributed by atoms with Crippen LogP contribution in [0.4, 0.5) is 5.69 Å². The molecule has 2 heterocycles. The van der Waals surface area contributed by atoms with Crippen molar-refractivity contribution in [2.45, 2.75) is 16.3 Å². The van der Waals surface area contributed by atoms with E-state index in [0.717, 1.165) is 0 Å². The highest BCUT2D eigenvalue weighted by Gasteiger charge is 2.24. The van der Waals surface area contributed by atoms with Crippen LogP contribution in [0, 0.1) is 0 Å². The fourth-order valence-electron chi connectivity index (χ4n) is 3.78. The van der Waals surface area contributed by atoms with Gasteiger partial charge in [-0.05, 0) is 42.5 Å². The Bertz CT molecular complexity index is 1460. The van der Waals surface area contributed by atoms with E-state index in [2.05, 4.69) is 5.32 Å². The van der Waals surface area contributed by atoms with Crippen molar-refractivity contribution >= 4 is 43.9 Å². The van der Waals surface area contributed by atoms with Crippen LogP contribution in [0.15, 0.2) is 82.7 Å². The van der Waals surface area contributed by atoms with Gasteiger partial charge in [0.2, 0.25) is 15.7 Å². The number of nitrogens with zero attached hydrogens (tertiary/aromatic N) is 1. The summed E-state index contributed by atoms with van der Waals surface area (Å²) in [5.74, 6) is 0.900. The van der Waals surface area contributed by atoms with Crippen LogP contribution in [0.5, 0.6) is 11.5 Å². The Hall–Kier alpha value is -3.49. The number of ether oxygens (including phenoxy) is 2. The number of fused-ring (bicyclic) bond motifs is 2. The standard InChI is InChI=1S/C24H19ClN2O5S/c25-16-5-8-18(9-6-16)33(29,30)23-14-27(20-4-2-1-3-19(20)23)15-24(28)26-17-7-10-21-22(13-17)32-12-11-31-21/h1-10,13-14H,11-12,15H2,(H,26,28). The Balaban J connectivity index is 1.44. The summed E-state index contributed by atoms with van der Waals surface area (Å²) in [6.45, 7) is 0.871. The summed E-state index contributed by atoms with van der Waals surface area (Å²) in [6, 6.07) is 18.3. The van der Waals surface area contributed by atoms with Gasteiger partial charge in [0, 0.05) is 33.9 Å². The van der Waals surface area contributed by atoms with Gasteiger partial charge < -0.3 is 19.4 Å². The van der Waals surface area contributed by atoms with Gasteiger partial charge in [0.05, 0.1) is 9.79 Å². The molecule has 1 amide bonds. The van der Waals surface area contributed by atoms with Gasteiger partial charge in [-0.3, -0.25) is 4.79 Å². The molecule has 0 atom stereocenters. The number of nitrogens with one attached hydrogen (secondary N) is 1. The van der Waals surface area contributed by atoms with Gasteiger partial charge >= 0.3 is 0 Å². The summed E-state index contributed by atoms with van der Waals surface area (Å²) in [5.41, 5.74) is 1.21. The van der Waals surface area contributed by atoms with Crippen molar-refractivity contribution < 1.29 is 22.7 Å². The number of amides is 1. The molecule has 0 bridgehead atoms. The Morgan fingerprint density at radius 3 is 2.48 bits per heavy atom. The topological polar surface area (TPSA) is 86.6 Å². The van der Waals surface area contributed by atoms with E-state index in [-0.39, 0.29) is 22.2 Å². The Morgan fingerprint density at radius 1 is 0.970 bits per heavy atom. The van der Waals surface area contributed by atoms with Crippen molar-refractivity contribution in [1.29, 1.82) is 0 Å². The lowest BCUT2D eigenvalue weighted by molar-refractivity contribution is -0.116. The van der Waals surface area contributed by atoms with Crippen LogP contribution in [0.1, 0.15) is 0 Å². The van der Waals surface area contributed by atoms with E-state index in [1.807, 2.05) is 0 Å². The maximum absolute atomic E-state index is 13.3. The van der Waals surface area contributed by atoms with Gasteiger partial charge in [0.15, 0.2) is 11.5 Å². The molecule has 33 heavy (non-hydrogen) atoms. The number of benzene rings is 3. The molecule has 0 saturated heterocycles. The largest absolute Gasteiger partial charge is 0.486 e. The van der Waals surface area contributed by atoms with Gasteiger partial charge in [-0.25, -0.2) is 8.42 Å². The minimum atomic E-state index is -3.81. The average Bonchev–Trinajstić information content (AvgIpc) is 3.18. The molecule has 0 aliphatic carbocycles. The third-order valence-corrected chi connectivity index (χ3v) is 7.35. The SMILES string of the molecule is O=C(Cn1cc(S(=O)(=O)c2ccc(Cl)cc2)c2ccccc21)Nc1ccc2c(c1)OCCO2. The van der Waals surface area contributed by atoms with Crippen molar-refractivity contribution in [3.8, 4) is 11.5 Å². The van der Waals surface area contributed by atoms with Crippen molar-refractivity contribution in [2.75, 3.05) is 18.5 Å². The molecule has 168 valence electrons. The second-order valence-electron chi connectivity index (χ2n) is 7.50. The summed E-state index contributed by atoms with van der Waals surface area (Å²) in [6.07, 6.45) is 1.50. The van der Waals surface area contributed by atoms with E-state index in [1.54, 1.807) is 47.0 Å². The monoisotopic (exact) mass is 482 g/mol. The highest BCUT2D eigenvalue weighted by Crippen LogP contribution is 2.33. The molecule has 0 fully saturated rings. The molecule has 0 unspecified atom stereocenters. The van der Waals surface area contributed by atoms with Gasteiger partial charge in [0.25, 0.3) is 0 Å². The first-order chi connectivity index (χ1) is 15.9. The minimum absolute atomic E-state index is 0.0644. The number of anilines is 1. The highest BCUT2D eigenvalue weighted by atomic mass is 35.5. The van der Waals surface area contributed by atoms with Crippen LogP contribution in [0.3, 0.4) is 0 Å². The van der Waals surface area contributed by atoms with Crippen molar-refractivity contribution in [3.63, 3.8) is 0 Å². The summed E-state index contributed by atoms with van der Waals surface area (Å²) in [5, 5.41) is 3.82. The second-order valence-corrected chi connectivity index (χ2v) is 9.86. The number of sulfone groups is 1. The molecule has 3 aromatic carbocycles. The van der Waals surface area contributed by atoms with E-state index in [1.165, 1.54) is 30.5 Å². The van der Waals surface area contributed by atoms with Crippen LogP contribution in [0.2, 0.25) is 5.02 Å². The lowest BCUT2D eigenvalue weighted by Gasteiger charge is -2.19. The van der Waals surface area contributed by atoms with Crippen molar-refractivity contribution in [1.82, 2.24) is 4.57 Å². The van der Waals surface area contributed by atoms with E-state index < -0.39 is 9.84 Å². The molecule has 0 radical (unpaired) electrons. The summed E-state index contributed by atoms with van der Waals surface area (Å²) in [7, 11) is -3.81. The lowest BCUT2D eigenvalue weighted by Crippen LogP contribution is -2.19. The molecular weight excluding hydrogens is 464 g/mol. The zero-order valence-corrected chi connectivity index (χ0v) is 18.9. The predicted molar refractivity (Wildman–Crippen MR) is 125 cm³/mol. The Labute approximate surface area is 195 Å². The van der Waals surface area contributed by atoms with Crippen LogP contribution in [0.25, 0.3) is 10.9 Å². The summed E-state index contributed by atoms with van der Waals surface area (Å²) in [4.78, 5) is 13.1. The molecule has 1 N–H and O–H groups in total. The van der Waals surface area contributed by atoms with Gasteiger partial charge in [0.1, 0.15) is 19.8 Å². The maximum atomic E-state index is 13.3. The zero-order chi connectivity index (χ0) is 23.0. The maximum Gasteiger partial charge on any atom is 0.244 e. The fraction of sp³-hybridized carbons (Fsp3) is 0.125. The number of rotatable bonds is 5. The number of carbonyl (C=O) groups is 1. The van der Waals surface area contributed by atoms with E-state index >= 15 is 0 Å². The molecule has 7 nitrogen and oxygen atoms in total. The Kier molecular flexibility index (Phi) is 5.47. The van der Waals surface area contributed by atoms with Gasteiger partial charge in [-0.2, -0.15) is 0 Å². The van der Waals surface area contributed by atoms with E-state index in [9.17, 15) is 13.2 Å². The quantitative estimate of drug-likeness (QED) is 0.451. The smallest absolute Gasteiger partial charge is 0.244 e. The summed E-state index contributed by atoms with van der Waals surface area (Å²) >= 11 is 5.91. The minimum Gasteiger partial charge on any atom is -0.486 e. The number of hydrogen-bond donors (Lipinski definition) is 1. The number of halogens is 1. The van der Waals surface area contributed by atoms with Crippen LogP contribution in [-0.4, -0.2) is 32.1 Å². The van der Waals surface area contributed by atoms with Gasteiger partial charge in [-0.1, -0.05) is 29.8 Å². The lowest BCUT2D eigenvalue weighted by atomic mass is 10.2. The normalized spacial score (nSPS) is 13.1. The third kappa shape index (κ3) is 4.15. The molecular formula is C24H19ClN2O5S. The van der Waals surface area contributed by atoms with Crippen molar-refractivity contribution in [2.24, 2.45) is 0 Å². The van der Waals surface area contributed by atoms with Gasteiger partial charge in [-0.15, -0.1) is 0 Å². The third-order valence-electron chi connectivity index (χ3n) is 5.31. The molecule has 4 aromatic rings. The predicted octanol–water partition coefficient (Wildman–Crippen LogP) is 4.54. The number of para-hydroxylation sites is 1. The first-order valence-electron chi connectivity index (χ1n) is 10.2. The first kappa shape index (κ1) is 21.4. The molecule has 9 heteroatoms. The van der Waals surface area contributed by atoms with Crippen LogP contribution >= 0.6 is 11.6 Å². The van der Waals surface area contributed by atoms with E-state index in [0.29, 0.717) is 46.3 Å². The zero-order valence-electron chi connectivity index (χ0n) is 17.3. The average molecular weight is 483 g/mol. The molecule has 0 saturated carbocycles.